The van der Waals surface area contributed by atoms with Crippen LogP contribution < -0.4 is 9.13 Å². The van der Waals surface area contributed by atoms with Crippen molar-refractivity contribution in [3.05, 3.63) is 132 Å². The minimum atomic E-state index is 0.854. The fraction of sp³-hybridized carbons (Fsp3) is 0.133. The molecule has 0 unspecified atom stereocenters. The highest BCUT2D eigenvalue weighted by Crippen LogP contribution is 2.18. The molecule has 164 valence electrons. The molecule has 2 aromatic heterocycles. The lowest BCUT2D eigenvalue weighted by Crippen LogP contribution is -2.34. The van der Waals surface area contributed by atoms with Gasteiger partial charge in [0.1, 0.15) is 26.2 Å². The van der Waals surface area contributed by atoms with Crippen molar-refractivity contribution < 1.29 is 9.13 Å². The summed E-state index contributed by atoms with van der Waals surface area (Å²) in [5.41, 5.74) is 10.3. The number of benzene rings is 4. The van der Waals surface area contributed by atoms with Crippen molar-refractivity contribution in [1.82, 2.24) is 9.13 Å². The molecule has 0 spiro atoms. The zero-order chi connectivity index (χ0) is 22.5. The maximum Gasteiger partial charge on any atom is 0.245 e. The Morgan fingerprint density at radius 3 is 1.44 bits per heavy atom. The molecule has 4 nitrogen and oxygen atoms in total. The molecule has 4 aromatic carbocycles. The van der Waals surface area contributed by atoms with Gasteiger partial charge < -0.3 is 0 Å². The van der Waals surface area contributed by atoms with E-state index in [0.29, 0.717) is 0 Å². The van der Waals surface area contributed by atoms with Crippen LogP contribution in [0.4, 0.5) is 0 Å². The molecule has 0 saturated carbocycles. The fourth-order valence-corrected chi connectivity index (χ4v) is 5.35. The van der Waals surface area contributed by atoms with Gasteiger partial charge in [0, 0.05) is 0 Å². The maximum absolute atomic E-state index is 2.37. The van der Waals surface area contributed by atoms with Crippen molar-refractivity contribution in [2.75, 3.05) is 0 Å². The number of fused-ring (bicyclic) bond motifs is 4. The Morgan fingerprint density at radius 1 is 0.471 bits per heavy atom. The predicted octanol–water partition coefficient (Wildman–Crippen LogP) is 4.68. The molecule has 0 N–H and O–H groups in total. The van der Waals surface area contributed by atoms with Crippen LogP contribution >= 0.6 is 0 Å². The van der Waals surface area contributed by atoms with Gasteiger partial charge in [-0.1, -0.05) is 66.7 Å². The van der Waals surface area contributed by atoms with E-state index in [0.717, 1.165) is 26.2 Å². The van der Waals surface area contributed by atoms with E-state index in [9.17, 15) is 0 Å². The van der Waals surface area contributed by atoms with Crippen molar-refractivity contribution in [3.63, 3.8) is 0 Å². The van der Waals surface area contributed by atoms with E-state index in [1.54, 1.807) is 0 Å². The average Bonchev–Trinajstić information content (AvgIpc) is 3.38. The molecule has 2 aliphatic heterocycles. The van der Waals surface area contributed by atoms with Crippen LogP contribution in [-0.2, 0) is 26.2 Å². The van der Waals surface area contributed by atoms with E-state index in [2.05, 4.69) is 128 Å². The standard InChI is InChI=1S/C30H26N4/c1-3-10-29-27(8-1)31-17-23-12-14-24(15-13-23)18-32-22-34(30-11-4-2-9-28(30)32)20-26-7-5-6-25(16-26)19-33(29)21-31/h1-16,21-22H,17-20H2/q+2. The fourth-order valence-electron chi connectivity index (χ4n) is 5.35. The first-order valence-electron chi connectivity index (χ1n) is 11.9. The largest absolute Gasteiger partial charge is 0.245 e. The first kappa shape index (κ1) is 19.3. The molecule has 0 saturated heterocycles. The molecule has 0 radical (unpaired) electrons. The summed E-state index contributed by atoms with van der Waals surface area (Å²) in [5, 5.41) is 0. The molecule has 8 bridgehead atoms. The number of imidazole rings is 2. The summed E-state index contributed by atoms with van der Waals surface area (Å²) in [5.74, 6) is 0. The quantitative estimate of drug-likeness (QED) is 0.304. The minimum absolute atomic E-state index is 0.854. The first-order chi connectivity index (χ1) is 16.8. The van der Waals surface area contributed by atoms with Crippen LogP contribution in [0.5, 0.6) is 0 Å². The lowest BCUT2D eigenvalue weighted by Gasteiger charge is -2.03. The molecule has 0 fully saturated rings. The molecule has 4 heterocycles. The molecule has 4 heteroatoms. The summed E-state index contributed by atoms with van der Waals surface area (Å²) in [4.78, 5) is 0. The zero-order valence-corrected chi connectivity index (χ0v) is 19.0. The number of aromatic nitrogens is 4. The number of nitrogens with zero attached hydrogens (tertiary/aromatic N) is 4. The van der Waals surface area contributed by atoms with Gasteiger partial charge in [-0.25, -0.2) is 18.3 Å². The van der Waals surface area contributed by atoms with Crippen molar-refractivity contribution in [1.29, 1.82) is 0 Å². The van der Waals surface area contributed by atoms with Gasteiger partial charge in [0.05, 0.1) is 0 Å². The first-order valence-corrected chi connectivity index (χ1v) is 11.9. The van der Waals surface area contributed by atoms with Crippen LogP contribution in [0.3, 0.4) is 0 Å². The van der Waals surface area contributed by atoms with Crippen LogP contribution in [-0.4, -0.2) is 9.13 Å². The molecule has 8 rings (SSSR count). The van der Waals surface area contributed by atoms with Crippen LogP contribution in [0.25, 0.3) is 22.1 Å². The second-order valence-corrected chi connectivity index (χ2v) is 9.36. The summed E-state index contributed by atoms with van der Waals surface area (Å²) in [6, 6.07) is 35.5. The molecular formula is C30H26N4+2. The predicted molar refractivity (Wildman–Crippen MR) is 134 cm³/mol. The minimum Gasteiger partial charge on any atom is -0.226 e. The topological polar surface area (TPSA) is 17.6 Å². The van der Waals surface area contributed by atoms with Crippen molar-refractivity contribution >= 4 is 22.1 Å². The van der Waals surface area contributed by atoms with Gasteiger partial charge in [0.25, 0.3) is 0 Å². The Bertz CT molecular complexity index is 1530. The second-order valence-electron chi connectivity index (χ2n) is 9.36. The molecule has 6 aromatic rings. The van der Waals surface area contributed by atoms with E-state index in [1.807, 2.05) is 0 Å². The van der Waals surface area contributed by atoms with Crippen LogP contribution in [0.1, 0.15) is 22.3 Å². The Hall–Kier alpha value is -4.18. The van der Waals surface area contributed by atoms with Crippen molar-refractivity contribution in [2.24, 2.45) is 0 Å². The van der Waals surface area contributed by atoms with E-state index >= 15 is 0 Å². The second kappa shape index (κ2) is 7.70. The molecule has 0 amide bonds. The summed E-state index contributed by atoms with van der Waals surface area (Å²) >= 11 is 0. The van der Waals surface area contributed by atoms with Gasteiger partial charge in [-0.05, 0) is 52.6 Å². The Balaban J connectivity index is 1.41. The maximum atomic E-state index is 2.37. The van der Waals surface area contributed by atoms with Crippen LogP contribution in [0, 0.1) is 0 Å². The number of para-hydroxylation sites is 4. The SMILES string of the molecule is c1cc2cc(c1)C[n+]1cn(c3ccccc31)Cc1ccc(cc1)Cn1c[n+](c3ccccc31)C2. The monoisotopic (exact) mass is 442 g/mol. The van der Waals surface area contributed by atoms with E-state index < -0.39 is 0 Å². The van der Waals surface area contributed by atoms with Gasteiger partial charge >= 0.3 is 0 Å². The number of rotatable bonds is 0. The number of hydrogen-bond donors (Lipinski definition) is 0. The van der Waals surface area contributed by atoms with Gasteiger partial charge in [0.15, 0.2) is 22.1 Å². The molecular weight excluding hydrogens is 416 g/mol. The third kappa shape index (κ3) is 3.30. The highest BCUT2D eigenvalue weighted by molar-refractivity contribution is 5.72. The van der Waals surface area contributed by atoms with E-state index in [1.165, 1.54) is 44.3 Å². The third-order valence-electron chi connectivity index (χ3n) is 6.98. The van der Waals surface area contributed by atoms with Gasteiger partial charge in [-0.3, -0.25) is 0 Å². The van der Waals surface area contributed by atoms with Crippen LogP contribution in [0.15, 0.2) is 110 Å². The smallest absolute Gasteiger partial charge is 0.226 e. The summed E-state index contributed by atoms with van der Waals surface area (Å²) in [6.45, 7) is 3.43. The summed E-state index contributed by atoms with van der Waals surface area (Å²) < 4.78 is 9.49. The van der Waals surface area contributed by atoms with Crippen LogP contribution in [0.2, 0.25) is 0 Å². The molecule has 0 aliphatic carbocycles. The lowest BCUT2D eigenvalue weighted by molar-refractivity contribution is -0.664. The average molecular weight is 443 g/mol. The number of hydrogen-bond acceptors (Lipinski definition) is 0. The van der Waals surface area contributed by atoms with Gasteiger partial charge in [-0.2, -0.15) is 0 Å². The Kier molecular flexibility index (Phi) is 4.37. The van der Waals surface area contributed by atoms with Gasteiger partial charge in [-0.15, -0.1) is 0 Å². The van der Waals surface area contributed by atoms with Gasteiger partial charge in [0.2, 0.25) is 12.7 Å². The normalized spacial score (nSPS) is 13.4. The molecule has 2 aliphatic rings. The highest BCUT2D eigenvalue weighted by atomic mass is 15.1. The highest BCUT2D eigenvalue weighted by Gasteiger charge is 2.19. The van der Waals surface area contributed by atoms with Crippen molar-refractivity contribution in [2.45, 2.75) is 26.2 Å². The third-order valence-corrected chi connectivity index (χ3v) is 6.98. The lowest BCUT2D eigenvalue weighted by atomic mass is 10.1. The Morgan fingerprint density at radius 2 is 0.941 bits per heavy atom. The summed E-state index contributed by atoms with van der Waals surface area (Å²) in [7, 11) is 0. The van der Waals surface area contributed by atoms with E-state index in [-0.39, 0.29) is 0 Å². The molecule has 34 heavy (non-hydrogen) atoms. The molecule has 0 atom stereocenters. The van der Waals surface area contributed by atoms with Crippen molar-refractivity contribution in [3.8, 4) is 0 Å². The van der Waals surface area contributed by atoms with E-state index in [4.69, 9.17) is 0 Å². The summed E-state index contributed by atoms with van der Waals surface area (Å²) in [6.07, 6.45) is 4.54. The Labute approximate surface area is 198 Å². The zero-order valence-electron chi connectivity index (χ0n) is 19.0.